The van der Waals surface area contributed by atoms with Crippen LogP contribution in [0.25, 0.3) is 10.1 Å². The molecule has 0 bridgehead atoms. The van der Waals surface area contributed by atoms with Crippen molar-refractivity contribution in [1.29, 1.82) is 0 Å². The molecule has 0 aliphatic heterocycles. The van der Waals surface area contributed by atoms with Gasteiger partial charge in [-0.15, -0.1) is 11.3 Å². The predicted molar refractivity (Wildman–Crippen MR) is 55.8 cm³/mol. The third-order valence-electron chi connectivity index (χ3n) is 1.85. The van der Waals surface area contributed by atoms with E-state index < -0.39 is 0 Å². The molecule has 1 aromatic heterocycles. The molecule has 4 heteroatoms. The highest BCUT2D eigenvalue weighted by atomic mass is 35.5. The Balaban J connectivity index is 2.58. The summed E-state index contributed by atoms with van der Waals surface area (Å²) in [4.78, 5) is 4.60. The minimum atomic E-state index is 0.431. The third kappa shape index (κ3) is 1.69. The van der Waals surface area contributed by atoms with Crippen molar-refractivity contribution in [2.75, 3.05) is 0 Å². The van der Waals surface area contributed by atoms with Crippen molar-refractivity contribution in [2.45, 2.75) is 6.61 Å². The van der Waals surface area contributed by atoms with Crippen LogP contribution in [0, 0.1) is 0 Å². The fourth-order valence-electron chi connectivity index (χ4n) is 1.26. The summed E-state index contributed by atoms with van der Waals surface area (Å²) in [5.74, 6) is 5.02. The summed E-state index contributed by atoms with van der Waals surface area (Å²) >= 11 is 7.55. The highest BCUT2D eigenvalue weighted by Gasteiger charge is 2.03. The number of halogens is 1. The number of nitrogens with two attached hydrogens (primary N) is 1. The van der Waals surface area contributed by atoms with Gasteiger partial charge in [-0.1, -0.05) is 11.6 Å². The van der Waals surface area contributed by atoms with Gasteiger partial charge in [-0.2, -0.15) is 0 Å². The number of hydrogen-bond donors (Lipinski definition) is 1. The Bertz CT molecular complexity index is 426. The molecule has 0 saturated heterocycles. The van der Waals surface area contributed by atoms with Crippen LogP contribution in [0.15, 0.2) is 23.6 Å². The van der Waals surface area contributed by atoms with Crippen molar-refractivity contribution in [3.05, 3.63) is 34.2 Å². The van der Waals surface area contributed by atoms with Crippen molar-refractivity contribution < 1.29 is 4.84 Å². The minimum absolute atomic E-state index is 0.431. The number of fused-ring (bicyclic) bond motifs is 1. The molecule has 0 atom stereocenters. The van der Waals surface area contributed by atoms with Crippen LogP contribution in [0.1, 0.15) is 5.56 Å². The van der Waals surface area contributed by atoms with Gasteiger partial charge in [0.2, 0.25) is 0 Å². The van der Waals surface area contributed by atoms with Gasteiger partial charge in [0.1, 0.15) is 0 Å². The van der Waals surface area contributed by atoms with Crippen molar-refractivity contribution in [3.63, 3.8) is 0 Å². The number of hydrogen-bond acceptors (Lipinski definition) is 3. The Morgan fingerprint density at radius 2 is 2.31 bits per heavy atom. The maximum absolute atomic E-state index is 5.88. The lowest BCUT2D eigenvalue weighted by Crippen LogP contribution is -1.97. The monoisotopic (exact) mass is 213 g/mol. The molecule has 2 aromatic rings. The fourth-order valence-corrected chi connectivity index (χ4v) is 2.36. The maximum Gasteiger partial charge on any atom is 0.0944 e. The normalized spacial score (nSPS) is 10.9. The van der Waals surface area contributed by atoms with Crippen molar-refractivity contribution >= 4 is 33.0 Å². The summed E-state index contributed by atoms with van der Waals surface area (Å²) in [5.41, 5.74) is 1.09. The van der Waals surface area contributed by atoms with Gasteiger partial charge in [0.05, 0.1) is 6.61 Å². The maximum atomic E-state index is 5.88. The third-order valence-corrected chi connectivity index (χ3v) is 3.10. The molecule has 0 saturated carbocycles. The van der Waals surface area contributed by atoms with E-state index in [0.29, 0.717) is 6.61 Å². The molecular weight excluding hydrogens is 206 g/mol. The van der Waals surface area contributed by atoms with Crippen molar-refractivity contribution in [3.8, 4) is 0 Å². The minimum Gasteiger partial charge on any atom is -0.300 e. The Morgan fingerprint density at radius 1 is 1.46 bits per heavy atom. The summed E-state index contributed by atoms with van der Waals surface area (Å²) in [5, 5.41) is 3.90. The van der Waals surface area contributed by atoms with Crippen LogP contribution in [0.3, 0.4) is 0 Å². The first-order valence-corrected chi connectivity index (χ1v) is 5.04. The highest BCUT2D eigenvalue weighted by Crippen LogP contribution is 2.28. The summed E-state index contributed by atoms with van der Waals surface area (Å²) < 4.78 is 1.21. The Labute approximate surface area is 84.8 Å². The standard InChI is InChI=1S/C9H8ClNOS/c10-7-1-2-9-8(3-7)6(4-12-11)5-13-9/h1-3,5H,4,11H2. The second-order valence-electron chi connectivity index (χ2n) is 2.71. The van der Waals surface area contributed by atoms with Crippen LogP contribution in [0.4, 0.5) is 0 Å². The Morgan fingerprint density at radius 3 is 3.08 bits per heavy atom. The molecule has 13 heavy (non-hydrogen) atoms. The SMILES string of the molecule is NOCc1csc2ccc(Cl)cc12. The Kier molecular flexibility index (Phi) is 2.51. The molecule has 2 N–H and O–H groups in total. The molecule has 0 fully saturated rings. The van der Waals surface area contributed by atoms with Gasteiger partial charge >= 0.3 is 0 Å². The molecular formula is C9H8ClNOS. The van der Waals surface area contributed by atoms with E-state index in [1.54, 1.807) is 11.3 Å². The molecule has 0 unspecified atom stereocenters. The lowest BCUT2D eigenvalue weighted by atomic mass is 10.2. The van der Waals surface area contributed by atoms with Crippen LogP contribution in [-0.2, 0) is 11.4 Å². The molecule has 68 valence electrons. The van der Waals surface area contributed by atoms with Crippen LogP contribution in [0.5, 0.6) is 0 Å². The lowest BCUT2D eigenvalue weighted by molar-refractivity contribution is 0.125. The van der Waals surface area contributed by atoms with E-state index in [1.165, 1.54) is 4.70 Å². The van der Waals surface area contributed by atoms with Gasteiger partial charge in [-0.3, -0.25) is 4.84 Å². The first kappa shape index (κ1) is 8.97. The lowest BCUT2D eigenvalue weighted by Gasteiger charge is -1.96. The fraction of sp³-hybridized carbons (Fsp3) is 0.111. The van der Waals surface area contributed by atoms with E-state index in [4.69, 9.17) is 17.5 Å². The van der Waals surface area contributed by atoms with Gasteiger partial charge in [0.25, 0.3) is 0 Å². The molecule has 0 radical (unpaired) electrons. The van der Waals surface area contributed by atoms with Crippen LogP contribution >= 0.6 is 22.9 Å². The number of thiophene rings is 1. The van der Waals surface area contributed by atoms with Crippen LogP contribution in [0.2, 0.25) is 5.02 Å². The second-order valence-corrected chi connectivity index (χ2v) is 4.06. The van der Waals surface area contributed by atoms with Crippen LogP contribution < -0.4 is 5.90 Å². The first-order chi connectivity index (χ1) is 6.31. The predicted octanol–water partition coefficient (Wildman–Crippen LogP) is 2.95. The Hall–Kier alpha value is -0.610. The zero-order valence-corrected chi connectivity index (χ0v) is 8.36. The molecule has 0 aliphatic rings. The number of benzene rings is 1. The zero-order valence-electron chi connectivity index (χ0n) is 6.79. The smallest absolute Gasteiger partial charge is 0.0944 e. The molecule has 1 heterocycles. The van der Waals surface area contributed by atoms with Crippen molar-refractivity contribution in [2.24, 2.45) is 5.90 Å². The molecule has 0 amide bonds. The summed E-state index contributed by atoms with van der Waals surface area (Å²) in [6.45, 7) is 0.431. The topological polar surface area (TPSA) is 35.2 Å². The molecule has 1 aromatic carbocycles. The molecule has 0 spiro atoms. The van der Waals surface area contributed by atoms with Gasteiger partial charge < -0.3 is 0 Å². The molecule has 2 rings (SSSR count). The van der Waals surface area contributed by atoms with E-state index >= 15 is 0 Å². The second kappa shape index (κ2) is 3.64. The van der Waals surface area contributed by atoms with Crippen molar-refractivity contribution in [1.82, 2.24) is 0 Å². The van der Waals surface area contributed by atoms with E-state index in [1.807, 2.05) is 23.6 Å². The quantitative estimate of drug-likeness (QED) is 0.779. The van der Waals surface area contributed by atoms with Crippen LogP contribution in [-0.4, -0.2) is 0 Å². The highest BCUT2D eigenvalue weighted by molar-refractivity contribution is 7.17. The van der Waals surface area contributed by atoms with E-state index in [9.17, 15) is 0 Å². The zero-order chi connectivity index (χ0) is 9.26. The largest absolute Gasteiger partial charge is 0.300 e. The summed E-state index contributed by atoms with van der Waals surface area (Å²) in [7, 11) is 0. The summed E-state index contributed by atoms with van der Waals surface area (Å²) in [6, 6.07) is 5.82. The van der Waals surface area contributed by atoms with Gasteiger partial charge in [-0.05, 0) is 34.5 Å². The number of rotatable bonds is 2. The van der Waals surface area contributed by atoms with Gasteiger partial charge in [-0.25, -0.2) is 5.90 Å². The molecule has 2 nitrogen and oxygen atoms in total. The van der Waals surface area contributed by atoms with Gasteiger partial charge in [0.15, 0.2) is 0 Å². The molecule has 0 aliphatic carbocycles. The van der Waals surface area contributed by atoms with E-state index in [2.05, 4.69) is 4.84 Å². The summed E-state index contributed by atoms with van der Waals surface area (Å²) in [6.07, 6.45) is 0. The first-order valence-electron chi connectivity index (χ1n) is 3.78. The average molecular weight is 214 g/mol. The van der Waals surface area contributed by atoms with Gasteiger partial charge in [0, 0.05) is 9.72 Å². The van der Waals surface area contributed by atoms with E-state index in [-0.39, 0.29) is 0 Å². The average Bonchev–Trinajstić information content (AvgIpc) is 2.49. The van der Waals surface area contributed by atoms with E-state index in [0.717, 1.165) is 16.0 Å².